The van der Waals surface area contributed by atoms with Crippen LogP contribution in [-0.4, -0.2) is 27.8 Å². The monoisotopic (exact) mass is 598 g/mol. The number of carbonyl (C=O) groups excluding carboxylic acids is 1. The highest BCUT2D eigenvalue weighted by atomic mass is 79.9. The molecule has 32 heavy (non-hydrogen) atoms. The number of nitrogens with zero attached hydrogens (tertiary/aromatic N) is 2. The lowest BCUT2D eigenvalue weighted by Crippen LogP contribution is -2.38. The maximum Gasteiger partial charge on any atom is 0.435 e. The molecule has 0 unspecified atom stereocenters. The summed E-state index contributed by atoms with van der Waals surface area (Å²) in [5.41, 5.74) is -3.86. The molecular formula is C18H12Br2F8N2O2. The molecule has 1 atom stereocenters. The van der Waals surface area contributed by atoms with Crippen molar-refractivity contribution in [3.8, 4) is 0 Å². The Kier molecular flexibility index (Phi) is 6.44. The topological polar surface area (TPSA) is 44.1 Å². The van der Waals surface area contributed by atoms with Crippen LogP contribution in [0, 0.1) is 0 Å². The van der Waals surface area contributed by atoms with Gasteiger partial charge in [0.1, 0.15) is 0 Å². The lowest BCUT2D eigenvalue weighted by molar-refractivity contribution is -0.148. The van der Waals surface area contributed by atoms with Gasteiger partial charge in [0.15, 0.2) is 15.0 Å². The molecule has 0 saturated heterocycles. The molecule has 3 rings (SSSR count). The van der Waals surface area contributed by atoms with Crippen LogP contribution in [0.2, 0.25) is 0 Å². The van der Waals surface area contributed by atoms with Crippen molar-refractivity contribution < 1.29 is 44.7 Å². The van der Waals surface area contributed by atoms with Gasteiger partial charge in [0, 0.05) is 13.0 Å². The van der Waals surface area contributed by atoms with Crippen molar-refractivity contribution in [2.45, 2.75) is 47.0 Å². The standard InChI is InChI=1S/C18H12Br2F8N2O2/c19-16(20)12-10(11(18(26,27)28)29-30(12)8-4-7-15(21,22)23)13(17(16,24)25)32-14(31)9-5-2-1-3-6-9/h1-3,5-6,13H,4,7-8H2/t13-/m0/s1. The van der Waals surface area contributed by atoms with E-state index in [-0.39, 0.29) is 5.56 Å². The van der Waals surface area contributed by atoms with Crippen molar-refractivity contribution >= 4 is 37.8 Å². The third-order valence-electron chi connectivity index (χ3n) is 4.63. The quantitative estimate of drug-likeness (QED) is 0.217. The molecule has 0 radical (unpaired) electrons. The van der Waals surface area contributed by atoms with Gasteiger partial charge in [-0.1, -0.05) is 50.1 Å². The maximum atomic E-state index is 15.2. The Morgan fingerprint density at radius 1 is 1.09 bits per heavy atom. The molecule has 0 saturated carbocycles. The number of carbonyl (C=O) groups is 1. The third-order valence-corrected chi connectivity index (χ3v) is 6.44. The van der Waals surface area contributed by atoms with Gasteiger partial charge in [0.25, 0.3) is 0 Å². The minimum absolute atomic E-state index is 0.183. The van der Waals surface area contributed by atoms with Crippen LogP contribution in [0.4, 0.5) is 35.1 Å². The van der Waals surface area contributed by atoms with E-state index in [1.165, 1.54) is 30.3 Å². The molecule has 0 fully saturated rings. The van der Waals surface area contributed by atoms with Crippen LogP contribution >= 0.6 is 31.9 Å². The first-order chi connectivity index (χ1) is 14.6. The molecule has 4 nitrogen and oxygen atoms in total. The Labute approximate surface area is 192 Å². The lowest BCUT2D eigenvalue weighted by Gasteiger charge is -2.28. The third kappa shape index (κ3) is 4.52. The van der Waals surface area contributed by atoms with Gasteiger partial charge in [-0.05, 0) is 18.6 Å². The SMILES string of the molecule is O=C(O[C@H]1c2c(C(F)(F)F)nn(CCCC(F)(F)F)c2C(Br)(Br)C1(F)F)c1ccccc1. The van der Waals surface area contributed by atoms with Gasteiger partial charge in [0.2, 0.25) is 0 Å². The van der Waals surface area contributed by atoms with Crippen molar-refractivity contribution in [3.63, 3.8) is 0 Å². The van der Waals surface area contributed by atoms with Crippen molar-refractivity contribution in [2.75, 3.05) is 0 Å². The second-order valence-corrected chi connectivity index (χ2v) is 10.3. The van der Waals surface area contributed by atoms with E-state index in [2.05, 4.69) is 37.0 Å². The normalized spacial score (nSPS) is 19.6. The number of fused-ring (bicyclic) bond motifs is 1. The number of hydrogen-bond acceptors (Lipinski definition) is 3. The maximum absolute atomic E-state index is 15.2. The Hall–Kier alpha value is -1.70. The first-order valence-corrected chi connectivity index (χ1v) is 10.4. The average Bonchev–Trinajstić information content (AvgIpc) is 3.11. The summed E-state index contributed by atoms with van der Waals surface area (Å²) < 4.78 is 111. The molecule has 1 aromatic carbocycles. The average molecular weight is 600 g/mol. The first kappa shape index (κ1) is 24.9. The van der Waals surface area contributed by atoms with Gasteiger partial charge in [0.05, 0.1) is 16.8 Å². The minimum atomic E-state index is -5.24. The van der Waals surface area contributed by atoms with E-state index in [4.69, 9.17) is 4.74 Å². The highest BCUT2D eigenvalue weighted by molar-refractivity contribution is 9.24. The summed E-state index contributed by atoms with van der Waals surface area (Å²) in [5.74, 6) is -5.46. The molecular weight excluding hydrogens is 588 g/mol. The second-order valence-electron chi connectivity index (χ2n) is 6.90. The summed E-state index contributed by atoms with van der Waals surface area (Å²) in [6.07, 6.45) is -14.6. The summed E-state index contributed by atoms with van der Waals surface area (Å²) in [7, 11) is 0. The van der Waals surface area contributed by atoms with Crippen LogP contribution in [-0.2, 0) is 20.7 Å². The number of halogens is 10. The van der Waals surface area contributed by atoms with E-state index in [0.717, 1.165) is 0 Å². The molecule has 176 valence electrons. The number of benzene rings is 1. The Bertz CT molecular complexity index is 1000. The first-order valence-electron chi connectivity index (χ1n) is 8.84. The summed E-state index contributed by atoms with van der Waals surface area (Å²) in [6, 6.07) is 6.75. The van der Waals surface area contributed by atoms with Gasteiger partial charge in [-0.15, -0.1) is 0 Å². The van der Waals surface area contributed by atoms with Gasteiger partial charge in [-0.2, -0.15) is 40.2 Å². The van der Waals surface area contributed by atoms with E-state index in [0.29, 0.717) is 4.68 Å². The smallest absolute Gasteiger partial charge is 0.435 e. The summed E-state index contributed by atoms with van der Waals surface area (Å²) >= 11 is 5.27. The predicted octanol–water partition coefficient (Wildman–Crippen LogP) is 6.73. The van der Waals surface area contributed by atoms with Crippen LogP contribution < -0.4 is 0 Å². The molecule has 1 aliphatic rings. The fourth-order valence-corrected chi connectivity index (χ4v) is 4.49. The van der Waals surface area contributed by atoms with Gasteiger partial charge in [-0.3, -0.25) is 4.68 Å². The largest absolute Gasteiger partial charge is 0.447 e. The van der Waals surface area contributed by atoms with Crippen LogP contribution in [0.5, 0.6) is 0 Å². The molecule has 0 spiro atoms. The van der Waals surface area contributed by atoms with Crippen LogP contribution in [0.15, 0.2) is 30.3 Å². The Balaban J connectivity index is 2.08. The molecule has 2 aromatic rings. The predicted molar refractivity (Wildman–Crippen MR) is 102 cm³/mol. The Morgan fingerprint density at radius 2 is 1.69 bits per heavy atom. The van der Waals surface area contributed by atoms with Gasteiger partial charge in [-0.25, -0.2) is 4.79 Å². The fourth-order valence-electron chi connectivity index (χ4n) is 3.24. The number of ether oxygens (including phenoxy) is 1. The van der Waals surface area contributed by atoms with Crippen LogP contribution in [0.3, 0.4) is 0 Å². The zero-order chi connectivity index (χ0) is 24.1. The van der Waals surface area contributed by atoms with Gasteiger partial charge >= 0.3 is 24.2 Å². The number of esters is 1. The van der Waals surface area contributed by atoms with E-state index < -0.39 is 69.9 Å². The highest BCUT2D eigenvalue weighted by Crippen LogP contribution is 2.65. The fraction of sp³-hybridized carbons (Fsp3) is 0.444. The number of aromatic nitrogens is 2. The Morgan fingerprint density at radius 3 is 2.22 bits per heavy atom. The van der Waals surface area contributed by atoms with Crippen molar-refractivity contribution in [3.05, 3.63) is 52.8 Å². The summed E-state index contributed by atoms with van der Waals surface area (Å²) in [4.78, 5) is 12.3. The molecule has 14 heteroatoms. The summed E-state index contributed by atoms with van der Waals surface area (Å²) in [5, 5.41) is 3.25. The van der Waals surface area contributed by atoms with E-state index in [1.54, 1.807) is 0 Å². The minimum Gasteiger partial charge on any atom is -0.447 e. The molecule has 0 amide bonds. The molecule has 1 aromatic heterocycles. The van der Waals surface area contributed by atoms with Crippen LogP contribution in [0.1, 0.15) is 46.3 Å². The molecule has 0 aliphatic heterocycles. The lowest BCUT2D eigenvalue weighted by atomic mass is 10.1. The zero-order valence-electron chi connectivity index (χ0n) is 15.6. The van der Waals surface area contributed by atoms with E-state index >= 15 is 8.78 Å². The second kappa shape index (κ2) is 8.26. The number of alkyl halides is 10. The van der Waals surface area contributed by atoms with Crippen LogP contribution in [0.25, 0.3) is 0 Å². The van der Waals surface area contributed by atoms with Crippen molar-refractivity contribution in [1.29, 1.82) is 0 Å². The van der Waals surface area contributed by atoms with E-state index in [9.17, 15) is 31.1 Å². The van der Waals surface area contributed by atoms with Gasteiger partial charge < -0.3 is 4.74 Å². The number of aryl methyl sites for hydroxylation is 1. The highest BCUT2D eigenvalue weighted by Gasteiger charge is 2.70. The van der Waals surface area contributed by atoms with Crippen molar-refractivity contribution in [1.82, 2.24) is 9.78 Å². The number of hydrogen-bond donors (Lipinski definition) is 0. The molecule has 0 bridgehead atoms. The van der Waals surface area contributed by atoms with Crippen molar-refractivity contribution in [2.24, 2.45) is 0 Å². The zero-order valence-corrected chi connectivity index (χ0v) is 18.7. The molecule has 1 aliphatic carbocycles. The summed E-state index contributed by atoms with van der Waals surface area (Å²) in [6.45, 7) is -0.730. The number of rotatable bonds is 5. The molecule has 0 N–H and O–H groups in total. The van der Waals surface area contributed by atoms with E-state index in [1.807, 2.05) is 0 Å². The molecule has 1 heterocycles.